The highest BCUT2D eigenvalue weighted by Crippen LogP contribution is 2.26. The second kappa shape index (κ2) is 8.48. The van der Waals surface area contributed by atoms with Crippen LogP contribution in [0.25, 0.3) is 27.5 Å². The minimum absolute atomic E-state index is 0.0162. The van der Waals surface area contributed by atoms with Crippen LogP contribution in [0.1, 0.15) is 35.9 Å². The molecule has 0 saturated heterocycles. The first-order chi connectivity index (χ1) is 16.7. The highest BCUT2D eigenvalue weighted by Gasteiger charge is 2.31. The van der Waals surface area contributed by atoms with Gasteiger partial charge >= 0.3 is 0 Å². The number of carbonyl (C=O) groups excluding carboxylic acids is 1. The number of hydrogen-bond donors (Lipinski definition) is 3. The molecule has 3 N–H and O–H groups in total. The molecule has 0 aliphatic carbocycles. The van der Waals surface area contributed by atoms with Crippen molar-refractivity contribution in [2.24, 2.45) is 0 Å². The molecule has 0 saturated carbocycles. The Morgan fingerprint density at radius 3 is 2.49 bits per heavy atom. The van der Waals surface area contributed by atoms with Gasteiger partial charge in [-0.2, -0.15) is 5.10 Å². The molecular weight excluding hydrogens is 447 g/mol. The van der Waals surface area contributed by atoms with Crippen LogP contribution in [0.5, 0.6) is 0 Å². The summed E-state index contributed by atoms with van der Waals surface area (Å²) < 4.78 is 14.7. The van der Waals surface area contributed by atoms with E-state index in [-0.39, 0.29) is 16.8 Å². The number of fused-ring (bicyclic) bond motifs is 2. The fourth-order valence-electron chi connectivity index (χ4n) is 4.15. The van der Waals surface area contributed by atoms with Gasteiger partial charge in [0.25, 0.3) is 11.5 Å². The lowest BCUT2D eigenvalue weighted by Gasteiger charge is -2.30. The standard InChI is InChI=1S/C27H23FN4O3/c1-27(2,35)24(17-9-11-20(28)12-10-17)30-25(33)21-14-23-26(34)29-22(15-32(23)31-21)19-8-7-16-5-3-4-6-18(16)13-19/h3-15,24,35H,1-2H3,(H,29,34)(H,30,33)/t24-/m0/s1. The Labute approximate surface area is 199 Å². The Kier molecular flexibility index (Phi) is 5.45. The Hall–Kier alpha value is -4.30. The van der Waals surface area contributed by atoms with Crippen molar-refractivity contribution in [2.45, 2.75) is 25.5 Å². The van der Waals surface area contributed by atoms with Crippen molar-refractivity contribution >= 4 is 22.2 Å². The highest BCUT2D eigenvalue weighted by molar-refractivity contribution is 5.94. The predicted octanol–water partition coefficient (Wildman–Crippen LogP) is 4.22. The topological polar surface area (TPSA) is 99.5 Å². The van der Waals surface area contributed by atoms with Gasteiger partial charge in [0.1, 0.15) is 11.3 Å². The number of amides is 1. The Morgan fingerprint density at radius 1 is 1.06 bits per heavy atom. The largest absolute Gasteiger partial charge is 0.388 e. The van der Waals surface area contributed by atoms with E-state index in [1.807, 2.05) is 42.5 Å². The van der Waals surface area contributed by atoms with Gasteiger partial charge in [0.2, 0.25) is 0 Å². The monoisotopic (exact) mass is 470 g/mol. The maximum absolute atomic E-state index is 13.4. The minimum Gasteiger partial charge on any atom is -0.388 e. The fourth-order valence-corrected chi connectivity index (χ4v) is 4.15. The smallest absolute Gasteiger partial charge is 0.274 e. The number of H-pyrrole nitrogens is 1. The third-order valence-electron chi connectivity index (χ3n) is 5.95. The quantitative estimate of drug-likeness (QED) is 0.358. The normalized spacial score (nSPS) is 12.7. The lowest BCUT2D eigenvalue weighted by molar-refractivity contribution is 0.0342. The molecular formula is C27H23FN4O3. The molecule has 7 nitrogen and oxygen atoms in total. The maximum atomic E-state index is 13.4. The van der Waals surface area contributed by atoms with Gasteiger partial charge in [-0.25, -0.2) is 8.91 Å². The first kappa shape index (κ1) is 22.5. The number of nitrogens with one attached hydrogen (secondary N) is 2. The highest BCUT2D eigenvalue weighted by atomic mass is 19.1. The van der Waals surface area contributed by atoms with Crippen molar-refractivity contribution < 1.29 is 14.3 Å². The molecule has 176 valence electrons. The van der Waals surface area contributed by atoms with Crippen LogP contribution in [0, 0.1) is 5.82 Å². The summed E-state index contributed by atoms with van der Waals surface area (Å²) in [4.78, 5) is 28.7. The van der Waals surface area contributed by atoms with Crippen LogP contribution < -0.4 is 10.9 Å². The number of benzene rings is 3. The van der Waals surface area contributed by atoms with Crippen molar-refractivity contribution in [3.8, 4) is 11.3 Å². The van der Waals surface area contributed by atoms with Gasteiger partial charge in [-0.15, -0.1) is 0 Å². The zero-order valence-electron chi connectivity index (χ0n) is 19.1. The average Bonchev–Trinajstić information content (AvgIpc) is 3.27. The van der Waals surface area contributed by atoms with Crippen molar-refractivity contribution in [3.63, 3.8) is 0 Å². The third-order valence-corrected chi connectivity index (χ3v) is 5.95. The fraction of sp³-hybridized carbons (Fsp3) is 0.148. The molecule has 0 bridgehead atoms. The number of carbonyl (C=O) groups is 1. The zero-order valence-corrected chi connectivity index (χ0v) is 19.1. The molecule has 5 aromatic rings. The van der Waals surface area contributed by atoms with Gasteiger partial charge in [0, 0.05) is 11.6 Å². The number of aliphatic hydroxyl groups is 1. The van der Waals surface area contributed by atoms with E-state index in [2.05, 4.69) is 15.4 Å². The zero-order chi connectivity index (χ0) is 24.7. The first-order valence-electron chi connectivity index (χ1n) is 11.1. The lowest BCUT2D eigenvalue weighted by atomic mass is 9.91. The summed E-state index contributed by atoms with van der Waals surface area (Å²) in [6, 6.07) is 19.9. The number of nitrogens with zero attached hydrogens (tertiary/aromatic N) is 2. The van der Waals surface area contributed by atoms with Crippen LogP contribution in [0.4, 0.5) is 4.39 Å². The molecule has 2 heterocycles. The van der Waals surface area contributed by atoms with Crippen molar-refractivity contribution in [3.05, 3.63) is 106 Å². The van der Waals surface area contributed by atoms with E-state index < -0.39 is 23.4 Å². The van der Waals surface area contributed by atoms with Gasteiger partial charge < -0.3 is 15.4 Å². The van der Waals surface area contributed by atoms with Crippen LogP contribution in [0.3, 0.4) is 0 Å². The molecule has 3 aromatic carbocycles. The summed E-state index contributed by atoms with van der Waals surface area (Å²) in [5, 5.41) is 19.8. The molecule has 1 amide bonds. The molecule has 0 aliphatic rings. The Balaban J connectivity index is 1.48. The van der Waals surface area contributed by atoms with Crippen LogP contribution in [0.15, 0.2) is 83.8 Å². The molecule has 8 heteroatoms. The van der Waals surface area contributed by atoms with Crippen LogP contribution >= 0.6 is 0 Å². The van der Waals surface area contributed by atoms with Crippen LogP contribution in [-0.4, -0.2) is 31.2 Å². The molecule has 0 unspecified atom stereocenters. The minimum atomic E-state index is -1.34. The summed E-state index contributed by atoms with van der Waals surface area (Å²) in [7, 11) is 0. The number of rotatable bonds is 5. The van der Waals surface area contributed by atoms with Gasteiger partial charge in [-0.3, -0.25) is 9.59 Å². The molecule has 0 aliphatic heterocycles. The number of halogens is 1. The number of aromatic amines is 1. The van der Waals surface area contributed by atoms with E-state index in [4.69, 9.17) is 0 Å². The van der Waals surface area contributed by atoms with Crippen LogP contribution in [-0.2, 0) is 0 Å². The molecule has 0 spiro atoms. The lowest BCUT2D eigenvalue weighted by Crippen LogP contribution is -2.42. The summed E-state index contributed by atoms with van der Waals surface area (Å²) in [5.41, 5.74) is 0.399. The summed E-state index contributed by atoms with van der Waals surface area (Å²) in [5.74, 6) is -0.992. The van der Waals surface area contributed by atoms with Gasteiger partial charge in [-0.1, -0.05) is 48.5 Å². The summed E-state index contributed by atoms with van der Waals surface area (Å²) in [6.07, 6.45) is 1.66. The van der Waals surface area contributed by atoms with E-state index in [1.54, 1.807) is 20.0 Å². The molecule has 2 aromatic heterocycles. The number of aromatic nitrogens is 3. The second-order valence-electron chi connectivity index (χ2n) is 9.03. The molecule has 1 atom stereocenters. The summed E-state index contributed by atoms with van der Waals surface area (Å²) >= 11 is 0. The van der Waals surface area contributed by atoms with Crippen LogP contribution in [0.2, 0.25) is 0 Å². The molecule has 35 heavy (non-hydrogen) atoms. The van der Waals surface area contributed by atoms with E-state index in [9.17, 15) is 19.1 Å². The first-order valence-corrected chi connectivity index (χ1v) is 11.1. The molecule has 5 rings (SSSR count). The van der Waals surface area contributed by atoms with Gasteiger partial charge in [0.05, 0.1) is 23.5 Å². The maximum Gasteiger partial charge on any atom is 0.274 e. The molecule has 0 radical (unpaired) electrons. The van der Waals surface area contributed by atoms with E-state index in [0.717, 1.165) is 16.3 Å². The Bertz CT molecular complexity index is 1610. The van der Waals surface area contributed by atoms with E-state index in [0.29, 0.717) is 11.3 Å². The number of hydrogen-bond acceptors (Lipinski definition) is 4. The second-order valence-corrected chi connectivity index (χ2v) is 9.03. The summed E-state index contributed by atoms with van der Waals surface area (Å²) in [6.45, 7) is 3.09. The van der Waals surface area contributed by atoms with Crippen molar-refractivity contribution in [2.75, 3.05) is 0 Å². The average molecular weight is 471 g/mol. The van der Waals surface area contributed by atoms with E-state index >= 15 is 0 Å². The van der Waals surface area contributed by atoms with E-state index in [1.165, 1.54) is 34.8 Å². The van der Waals surface area contributed by atoms with Gasteiger partial charge in [0.15, 0.2) is 5.69 Å². The SMILES string of the molecule is CC(C)(O)[C@@H](NC(=O)c1cc2c(=O)[nH]c(-c3ccc4ccccc4c3)cn2n1)c1ccc(F)cc1. The predicted molar refractivity (Wildman–Crippen MR) is 132 cm³/mol. The molecule has 0 fully saturated rings. The Morgan fingerprint density at radius 2 is 1.77 bits per heavy atom. The van der Waals surface area contributed by atoms with Gasteiger partial charge in [-0.05, 0) is 48.4 Å². The van der Waals surface area contributed by atoms with Crippen molar-refractivity contribution in [1.29, 1.82) is 0 Å². The third kappa shape index (κ3) is 4.43. The van der Waals surface area contributed by atoms with Crippen molar-refractivity contribution in [1.82, 2.24) is 19.9 Å².